The first kappa shape index (κ1) is 25.1. The van der Waals surface area contributed by atoms with Crippen LogP contribution >= 0.6 is 0 Å². The Morgan fingerprint density at radius 2 is 0.907 bits per heavy atom. The zero-order valence-electron chi connectivity index (χ0n) is 22.8. The van der Waals surface area contributed by atoms with Crippen molar-refractivity contribution >= 4 is 53.4 Å². The maximum atomic E-state index is 13.4. The molecule has 0 saturated carbocycles. The number of aromatic nitrogens is 2. The Morgan fingerprint density at radius 3 is 1.42 bits per heavy atom. The van der Waals surface area contributed by atoms with Crippen LogP contribution in [0.2, 0.25) is 0 Å². The zero-order chi connectivity index (χ0) is 29.1. The van der Waals surface area contributed by atoms with Gasteiger partial charge in [-0.2, -0.15) is 5.26 Å². The first-order valence-corrected chi connectivity index (χ1v) is 15.4. The van der Waals surface area contributed by atoms with Crippen molar-refractivity contribution in [1.29, 1.82) is 5.26 Å². The van der Waals surface area contributed by atoms with Crippen LogP contribution in [0.15, 0.2) is 149 Å². The average molecular weight is 574 g/mol. The van der Waals surface area contributed by atoms with Crippen LogP contribution in [0.5, 0.6) is 0 Å². The molecule has 8 rings (SSSR count). The highest BCUT2D eigenvalue weighted by molar-refractivity contribution is 7.91. The van der Waals surface area contributed by atoms with Gasteiger partial charge in [-0.05, 0) is 84.9 Å². The number of nitriles is 1. The van der Waals surface area contributed by atoms with E-state index < -0.39 is 9.84 Å². The summed E-state index contributed by atoms with van der Waals surface area (Å²) in [6, 6.07) is 46.8. The van der Waals surface area contributed by atoms with E-state index in [1.165, 1.54) is 29.7 Å². The Balaban J connectivity index is 1.35. The van der Waals surface area contributed by atoms with Crippen LogP contribution in [0.4, 0.5) is 0 Å². The summed E-state index contributed by atoms with van der Waals surface area (Å²) in [5.74, 6) is 0. The van der Waals surface area contributed by atoms with Crippen molar-refractivity contribution in [3.8, 4) is 17.4 Å². The Bertz CT molecular complexity index is 2500. The van der Waals surface area contributed by atoms with Crippen molar-refractivity contribution in [1.82, 2.24) is 9.13 Å². The molecule has 6 heteroatoms. The van der Waals surface area contributed by atoms with Gasteiger partial charge in [-0.25, -0.2) is 8.42 Å². The Kier molecular flexibility index (Phi) is 5.52. The third-order valence-electron chi connectivity index (χ3n) is 8.18. The maximum Gasteiger partial charge on any atom is 0.206 e. The molecule has 0 bridgehead atoms. The highest BCUT2D eigenvalue weighted by Gasteiger charge is 2.20. The van der Waals surface area contributed by atoms with E-state index in [0.717, 1.165) is 49.6 Å². The minimum Gasteiger partial charge on any atom is -0.309 e. The predicted octanol–water partition coefficient (Wildman–Crippen LogP) is 8.59. The Hall–Kier alpha value is -5.64. The highest BCUT2D eigenvalue weighted by Crippen LogP contribution is 2.39. The Morgan fingerprint density at radius 1 is 0.465 bits per heavy atom. The molecule has 8 aromatic rings. The maximum absolute atomic E-state index is 13.4. The van der Waals surface area contributed by atoms with Gasteiger partial charge < -0.3 is 9.13 Å². The van der Waals surface area contributed by atoms with Crippen LogP contribution < -0.4 is 0 Å². The van der Waals surface area contributed by atoms with Crippen molar-refractivity contribution < 1.29 is 8.42 Å². The van der Waals surface area contributed by atoms with Crippen molar-refractivity contribution in [3.05, 3.63) is 145 Å². The van der Waals surface area contributed by atoms with E-state index in [9.17, 15) is 8.42 Å². The topological polar surface area (TPSA) is 67.8 Å². The molecule has 0 fully saturated rings. The molecule has 5 nitrogen and oxygen atoms in total. The average Bonchev–Trinajstić information content (AvgIpc) is 3.56. The number of hydrogen-bond acceptors (Lipinski definition) is 3. The summed E-state index contributed by atoms with van der Waals surface area (Å²) in [4.78, 5) is 0.364. The van der Waals surface area contributed by atoms with Gasteiger partial charge in [-0.15, -0.1) is 0 Å². The second-order valence-electron chi connectivity index (χ2n) is 10.6. The summed E-state index contributed by atoms with van der Waals surface area (Å²) in [7, 11) is -3.73. The number of fused-ring (bicyclic) bond motifs is 6. The van der Waals surface area contributed by atoms with Gasteiger partial charge in [-0.3, -0.25) is 0 Å². The number of rotatable bonds is 4. The normalized spacial score (nSPS) is 11.9. The molecular formula is C37H23N3O2S. The molecule has 0 atom stereocenters. The Labute approximate surface area is 248 Å². The lowest BCUT2D eigenvalue weighted by atomic mass is 10.1. The standard InChI is InChI=1S/C37H23N3O2S/c38-24-25-14-18-28(19-15-25)43(41,42)29-20-16-27(17-21-29)40-35-13-7-5-11-31(35)33-22-36-32(23-37(33)40)30-10-4-6-12-34(30)39(36)26-8-2-1-3-9-26/h1-23H. The van der Waals surface area contributed by atoms with E-state index >= 15 is 0 Å². The molecule has 0 N–H and O–H groups in total. The SMILES string of the molecule is N#Cc1ccc(S(=O)(=O)c2ccc(-n3c4ccccc4c4cc5c(cc43)c3ccccc3n5-c3ccccc3)cc2)cc1. The van der Waals surface area contributed by atoms with Crippen LogP contribution in [-0.2, 0) is 9.84 Å². The van der Waals surface area contributed by atoms with Crippen LogP contribution in [0.3, 0.4) is 0 Å². The number of nitrogens with zero attached hydrogens (tertiary/aromatic N) is 3. The number of sulfone groups is 1. The van der Waals surface area contributed by atoms with Crippen molar-refractivity contribution in [2.45, 2.75) is 9.79 Å². The third-order valence-corrected chi connectivity index (χ3v) is 9.96. The quantitative estimate of drug-likeness (QED) is 0.212. The fourth-order valence-electron chi connectivity index (χ4n) is 6.18. The van der Waals surface area contributed by atoms with E-state index in [1.807, 2.05) is 30.3 Å². The van der Waals surface area contributed by atoms with Gasteiger partial charge >= 0.3 is 0 Å². The molecule has 2 aromatic heterocycles. The smallest absolute Gasteiger partial charge is 0.206 e. The van der Waals surface area contributed by atoms with Crippen LogP contribution in [0.25, 0.3) is 55.0 Å². The molecule has 0 aliphatic heterocycles. The van der Waals surface area contributed by atoms with Crippen molar-refractivity contribution in [3.63, 3.8) is 0 Å². The van der Waals surface area contributed by atoms with Crippen molar-refractivity contribution in [2.24, 2.45) is 0 Å². The second kappa shape index (κ2) is 9.45. The third kappa shape index (κ3) is 3.79. The zero-order valence-corrected chi connectivity index (χ0v) is 23.7. The van der Waals surface area contributed by atoms with E-state index in [1.54, 1.807) is 12.1 Å². The second-order valence-corrected chi connectivity index (χ2v) is 12.5. The summed E-state index contributed by atoms with van der Waals surface area (Å²) in [5, 5.41) is 13.6. The lowest BCUT2D eigenvalue weighted by Gasteiger charge is -2.10. The molecule has 0 amide bonds. The summed E-state index contributed by atoms with van der Waals surface area (Å²) < 4.78 is 31.2. The van der Waals surface area contributed by atoms with Gasteiger partial charge in [0.2, 0.25) is 9.84 Å². The molecule has 204 valence electrons. The predicted molar refractivity (Wildman–Crippen MR) is 172 cm³/mol. The molecule has 43 heavy (non-hydrogen) atoms. The van der Waals surface area contributed by atoms with E-state index in [4.69, 9.17) is 5.26 Å². The van der Waals surface area contributed by atoms with Gasteiger partial charge in [-0.1, -0.05) is 54.6 Å². The van der Waals surface area contributed by atoms with Gasteiger partial charge in [0.25, 0.3) is 0 Å². The summed E-state index contributed by atoms with van der Waals surface area (Å²) in [6.07, 6.45) is 0. The van der Waals surface area contributed by atoms with Crippen LogP contribution in [0, 0.1) is 11.3 Å². The number of hydrogen-bond donors (Lipinski definition) is 0. The molecule has 2 heterocycles. The monoisotopic (exact) mass is 573 g/mol. The fourth-order valence-corrected chi connectivity index (χ4v) is 7.44. The van der Waals surface area contributed by atoms with Gasteiger partial charge in [0.1, 0.15) is 0 Å². The van der Waals surface area contributed by atoms with Gasteiger partial charge in [0.15, 0.2) is 0 Å². The molecule has 0 spiro atoms. The van der Waals surface area contributed by atoms with Gasteiger partial charge in [0.05, 0.1) is 43.5 Å². The van der Waals surface area contributed by atoms with Crippen molar-refractivity contribution in [2.75, 3.05) is 0 Å². The molecule has 6 aromatic carbocycles. The molecular weight excluding hydrogens is 550 g/mol. The van der Waals surface area contributed by atoms with E-state index in [-0.39, 0.29) is 9.79 Å². The minimum atomic E-state index is -3.73. The van der Waals surface area contributed by atoms with Crippen LogP contribution in [-0.4, -0.2) is 17.6 Å². The highest BCUT2D eigenvalue weighted by atomic mass is 32.2. The lowest BCUT2D eigenvalue weighted by molar-refractivity contribution is 0.596. The first-order valence-electron chi connectivity index (χ1n) is 13.9. The minimum absolute atomic E-state index is 0.160. The summed E-state index contributed by atoms with van der Waals surface area (Å²) in [6.45, 7) is 0. The summed E-state index contributed by atoms with van der Waals surface area (Å²) in [5.41, 5.74) is 6.76. The molecule has 0 radical (unpaired) electrons. The number of benzene rings is 6. The fraction of sp³-hybridized carbons (Fsp3) is 0. The van der Waals surface area contributed by atoms with Crippen LogP contribution in [0.1, 0.15) is 5.56 Å². The lowest BCUT2D eigenvalue weighted by Crippen LogP contribution is -2.03. The largest absolute Gasteiger partial charge is 0.309 e. The molecule has 0 saturated heterocycles. The van der Waals surface area contributed by atoms with E-state index in [2.05, 4.69) is 88.0 Å². The molecule has 0 unspecified atom stereocenters. The first-order chi connectivity index (χ1) is 21.0. The summed E-state index contributed by atoms with van der Waals surface area (Å²) >= 11 is 0. The molecule has 0 aliphatic carbocycles. The number of para-hydroxylation sites is 3. The van der Waals surface area contributed by atoms with Gasteiger partial charge in [0, 0.05) is 32.9 Å². The van der Waals surface area contributed by atoms with E-state index in [0.29, 0.717) is 5.56 Å². The molecule has 0 aliphatic rings.